The van der Waals surface area contributed by atoms with Crippen molar-refractivity contribution in [2.75, 3.05) is 6.26 Å². The number of aromatic nitrogens is 1. The maximum Gasteiger partial charge on any atom is 0.349 e. The lowest BCUT2D eigenvalue weighted by Gasteiger charge is -2.13. The van der Waals surface area contributed by atoms with Gasteiger partial charge in [-0.3, -0.25) is 4.57 Å². The molecule has 2 N–H and O–H groups in total. The van der Waals surface area contributed by atoms with Gasteiger partial charge in [0, 0.05) is 23.0 Å². The molecule has 0 unspecified atom stereocenters. The standard InChI is InChI=1S/C23H20NO5PS/c1-31(28,29)15-16-13-18-9-10-19(11-12-30(25,26)27)24-23(18)22(14-16)21-8-4-6-17-5-2-3-7-20(17)21/h2-14H,15H2,1H3,(H2,25,26,27)/b12-11+. The summed E-state index contributed by atoms with van der Waals surface area (Å²) in [5.41, 5.74) is 3.34. The molecule has 0 amide bonds. The summed E-state index contributed by atoms with van der Waals surface area (Å²) < 4.78 is 35.1. The monoisotopic (exact) mass is 453 g/mol. The van der Waals surface area contributed by atoms with Crippen LogP contribution in [0.15, 0.2) is 72.5 Å². The summed E-state index contributed by atoms with van der Waals surface area (Å²) in [6.07, 6.45) is 2.49. The van der Waals surface area contributed by atoms with E-state index in [9.17, 15) is 13.0 Å². The number of sulfone groups is 1. The summed E-state index contributed by atoms with van der Waals surface area (Å²) in [5, 5.41) is 2.79. The molecule has 1 aromatic heterocycles. The predicted molar refractivity (Wildman–Crippen MR) is 124 cm³/mol. The summed E-state index contributed by atoms with van der Waals surface area (Å²) in [5.74, 6) is 0.720. The molecule has 4 rings (SSSR count). The first-order chi connectivity index (χ1) is 14.6. The molecule has 0 saturated heterocycles. The molecule has 8 heteroatoms. The summed E-state index contributed by atoms with van der Waals surface area (Å²) in [4.78, 5) is 22.9. The molecule has 3 aromatic carbocycles. The van der Waals surface area contributed by atoms with Crippen LogP contribution in [0.5, 0.6) is 0 Å². The maximum atomic E-state index is 11.9. The van der Waals surface area contributed by atoms with E-state index in [1.807, 2.05) is 48.5 Å². The summed E-state index contributed by atoms with van der Waals surface area (Å²) >= 11 is 0. The number of hydrogen-bond acceptors (Lipinski definition) is 4. The first kappa shape index (κ1) is 21.4. The highest BCUT2D eigenvalue weighted by Gasteiger charge is 2.14. The third-order valence-corrected chi connectivity index (χ3v) is 6.22. The average Bonchev–Trinajstić information content (AvgIpc) is 2.69. The quantitative estimate of drug-likeness (QED) is 0.423. The topological polar surface area (TPSA) is 105 Å². The minimum atomic E-state index is -4.31. The van der Waals surface area contributed by atoms with Crippen LogP contribution < -0.4 is 0 Å². The molecule has 6 nitrogen and oxygen atoms in total. The molecule has 0 aliphatic rings. The van der Waals surface area contributed by atoms with Crippen molar-refractivity contribution in [3.8, 4) is 11.1 Å². The van der Waals surface area contributed by atoms with Crippen LogP contribution >= 0.6 is 7.60 Å². The lowest BCUT2D eigenvalue weighted by molar-refractivity contribution is 0.386. The van der Waals surface area contributed by atoms with Gasteiger partial charge in [-0.05, 0) is 46.2 Å². The van der Waals surface area contributed by atoms with E-state index in [0.29, 0.717) is 16.8 Å². The number of nitrogens with zero attached hydrogens (tertiary/aromatic N) is 1. The number of pyridine rings is 1. The molecule has 1 heterocycles. The van der Waals surface area contributed by atoms with E-state index in [1.165, 1.54) is 12.3 Å². The Morgan fingerprint density at radius 1 is 0.935 bits per heavy atom. The van der Waals surface area contributed by atoms with E-state index in [2.05, 4.69) is 4.98 Å². The minimum absolute atomic E-state index is 0.0967. The Labute approximate surface area is 180 Å². The number of hydrogen-bond donors (Lipinski definition) is 2. The predicted octanol–water partition coefficient (Wildman–Crippen LogP) is 4.75. The van der Waals surface area contributed by atoms with E-state index in [4.69, 9.17) is 9.79 Å². The van der Waals surface area contributed by atoms with Gasteiger partial charge in [0.15, 0.2) is 9.84 Å². The van der Waals surface area contributed by atoms with Gasteiger partial charge in [-0.25, -0.2) is 13.4 Å². The highest BCUT2D eigenvalue weighted by molar-refractivity contribution is 7.89. The fourth-order valence-corrected chi connectivity index (χ4v) is 4.75. The molecule has 0 aliphatic heterocycles. The Morgan fingerprint density at radius 2 is 1.68 bits per heavy atom. The number of benzene rings is 3. The first-order valence-electron chi connectivity index (χ1n) is 9.43. The third kappa shape index (κ3) is 5.09. The van der Waals surface area contributed by atoms with Crippen molar-refractivity contribution in [2.45, 2.75) is 5.75 Å². The molecule has 0 fully saturated rings. The molecule has 0 aliphatic carbocycles. The van der Waals surface area contributed by atoms with Crippen LogP contribution in [0.4, 0.5) is 0 Å². The Morgan fingerprint density at radius 3 is 2.42 bits per heavy atom. The van der Waals surface area contributed by atoms with Gasteiger partial charge in [-0.15, -0.1) is 0 Å². The summed E-state index contributed by atoms with van der Waals surface area (Å²) in [7, 11) is -7.55. The smallest absolute Gasteiger partial charge is 0.321 e. The van der Waals surface area contributed by atoms with Gasteiger partial charge in [0.2, 0.25) is 0 Å². The Kier molecular flexibility index (Phi) is 5.54. The van der Waals surface area contributed by atoms with Crippen LogP contribution in [0.1, 0.15) is 11.3 Å². The maximum absolute atomic E-state index is 11.9. The van der Waals surface area contributed by atoms with Crippen LogP contribution in [0, 0.1) is 0 Å². The van der Waals surface area contributed by atoms with Crippen molar-refractivity contribution in [1.82, 2.24) is 4.98 Å². The van der Waals surface area contributed by atoms with Crippen molar-refractivity contribution in [3.05, 3.63) is 83.8 Å². The highest BCUT2D eigenvalue weighted by atomic mass is 32.2. The fraction of sp³-hybridized carbons (Fsp3) is 0.0870. The Hall–Kier alpha value is -2.83. The van der Waals surface area contributed by atoms with E-state index in [-0.39, 0.29) is 5.75 Å². The van der Waals surface area contributed by atoms with Gasteiger partial charge >= 0.3 is 7.60 Å². The molecule has 31 heavy (non-hydrogen) atoms. The number of fused-ring (bicyclic) bond motifs is 2. The van der Waals surface area contributed by atoms with Gasteiger partial charge in [0.1, 0.15) is 0 Å². The molecule has 0 radical (unpaired) electrons. The van der Waals surface area contributed by atoms with Crippen LogP contribution in [0.2, 0.25) is 0 Å². The highest BCUT2D eigenvalue weighted by Crippen LogP contribution is 2.38. The zero-order valence-electron chi connectivity index (χ0n) is 16.6. The summed E-state index contributed by atoms with van der Waals surface area (Å²) in [6.45, 7) is 0. The van der Waals surface area contributed by atoms with Gasteiger partial charge in [0.25, 0.3) is 0 Å². The van der Waals surface area contributed by atoms with Crippen LogP contribution in [0.3, 0.4) is 0 Å². The molecular formula is C23H20NO5PS. The minimum Gasteiger partial charge on any atom is -0.321 e. The molecule has 0 spiro atoms. The fourth-order valence-electron chi connectivity index (χ4n) is 3.63. The molecule has 0 atom stereocenters. The van der Waals surface area contributed by atoms with Gasteiger partial charge in [-0.2, -0.15) is 0 Å². The lowest BCUT2D eigenvalue weighted by Crippen LogP contribution is -2.01. The second-order valence-corrected chi connectivity index (χ2v) is 11.1. The zero-order valence-corrected chi connectivity index (χ0v) is 18.3. The van der Waals surface area contributed by atoms with Crippen molar-refractivity contribution in [3.63, 3.8) is 0 Å². The molecule has 0 saturated carbocycles. The normalized spacial score (nSPS) is 12.7. The number of rotatable bonds is 5. The molecule has 4 aromatic rings. The average molecular weight is 453 g/mol. The summed E-state index contributed by atoms with van der Waals surface area (Å²) in [6, 6.07) is 20.8. The Bertz CT molecular complexity index is 1480. The van der Waals surface area contributed by atoms with Gasteiger partial charge in [-0.1, -0.05) is 48.5 Å². The van der Waals surface area contributed by atoms with Crippen molar-refractivity contribution in [1.29, 1.82) is 0 Å². The van der Waals surface area contributed by atoms with E-state index < -0.39 is 17.4 Å². The molecular weight excluding hydrogens is 433 g/mol. The van der Waals surface area contributed by atoms with E-state index in [0.717, 1.165) is 33.1 Å². The van der Waals surface area contributed by atoms with Gasteiger partial charge < -0.3 is 9.79 Å². The lowest BCUT2D eigenvalue weighted by atomic mass is 9.94. The van der Waals surface area contributed by atoms with Crippen LogP contribution in [0.25, 0.3) is 38.9 Å². The van der Waals surface area contributed by atoms with Crippen LogP contribution in [-0.2, 0) is 20.2 Å². The van der Waals surface area contributed by atoms with Crippen molar-refractivity contribution in [2.24, 2.45) is 0 Å². The van der Waals surface area contributed by atoms with Crippen LogP contribution in [-0.4, -0.2) is 29.4 Å². The largest absolute Gasteiger partial charge is 0.349 e. The molecule has 158 valence electrons. The molecule has 0 bridgehead atoms. The third-order valence-electron chi connectivity index (χ3n) is 4.82. The van der Waals surface area contributed by atoms with Crippen molar-refractivity contribution < 1.29 is 22.8 Å². The van der Waals surface area contributed by atoms with E-state index >= 15 is 0 Å². The Balaban J connectivity index is 2.01. The van der Waals surface area contributed by atoms with Gasteiger partial charge in [0.05, 0.1) is 17.0 Å². The first-order valence-corrected chi connectivity index (χ1v) is 13.2. The second-order valence-electron chi connectivity index (χ2n) is 7.45. The van der Waals surface area contributed by atoms with E-state index in [1.54, 1.807) is 18.2 Å². The van der Waals surface area contributed by atoms with Crippen molar-refractivity contribution >= 4 is 45.2 Å². The SMILES string of the molecule is CS(=O)(=O)Cc1cc(-c2cccc3ccccc23)c2nc(/C=C/P(=O)(O)O)ccc2c1. The zero-order chi connectivity index (χ0) is 22.2. The second kappa shape index (κ2) is 8.02.